The number of hydrogen-bond donors (Lipinski definition) is 0. The minimum atomic E-state index is -0.433. The van der Waals surface area contributed by atoms with Crippen molar-refractivity contribution >= 4 is 16.9 Å². The van der Waals surface area contributed by atoms with Gasteiger partial charge in [-0.05, 0) is 60.7 Å². The molecule has 33 heavy (non-hydrogen) atoms. The molecule has 0 N–H and O–H groups in total. The Bertz CT molecular complexity index is 1320. The molecule has 0 radical (unpaired) electrons. The minimum absolute atomic E-state index is 0.147. The van der Waals surface area contributed by atoms with Gasteiger partial charge in [0.05, 0.1) is 6.61 Å². The van der Waals surface area contributed by atoms with E-state index in [0.717, 1.165) is 27.6 Å². The summed E-state index contributed by atoms with van der Waals surface area (Å²) in [6, 6.07) is 23.9. The number of benzene rings is 3. The molecule has 0 spiro atoms. The van der Waals surface area contributed by atoms with Crippen LogP contribution in [-0.2, 0) is 22.6 Å². The molecule has 1 heterocycles. The van der Waals surface area contributed by atoms with E-state index in [4.69, 9.17) is 13.9 Å². The highest BCUT2D eigenvalue weighted by Gasteiger charge is 2.14. The van der Waals surface area contributed by atoms with E-state index in [1.54, 1.807) is 13.0 Å². The topological polar surface area (TPSA) is 65.7 Å². The molecule has 5 nitrogen and oxygen atoms in total. The molecule has 168 valence electrons. The molecular weight excluding hydrogens is 416 g/mol. The molecule has 0 aliphatic rings. The van der Waals surface area contributed by atoms with E-state index in [-0.39, 0.29) is 12.4 Å². The second-order valence-corrected chi connectivity index (χ2v) is 7.81. The van der Waals surface area contributed by atoms with Gasteiger partial charge in [-0.25, -0.2) is 4.79 Å². The highest BCUT2D eigenvalue weighted by Crippen LogP contribution is 2.26. The van der Waals surface area contributed by atoms with Crippen molar-refractivity contribution in [3.8, 4) is 16.9 Å². The Morgan fingerprint density at radius 1 is 0.939 bits per heavy atom. The van der Waals surface area contributed by atoms with Gasteiger partial charge in [-0.3, -0.25) is 4.79 Å². The van der Waals surface area contributed by atoms with Gasteiger partial charge in [0.15, 0.2) is 0 Å². The summed E-state index contributed by atoms with van der Waals surface area (Å²) in [5.41, 5.74) is 4.68. The Labute approximate surface area is 192 Å². The fourth-order valence-corrected chi connectivity index (χ4v) is 3.85. The van der Waals surface area contributed by atoms with E-state index in [1.807, 2.05) is 49.4 Å². The van der Waals surface area contributed by atoms with Crippen molar-refractivity contribution in [3.05, 3.63) is 99.9 Å². The first kappa shape index (κ1) is 22.3. The number of carbonyl (C=O) groups is 1. The van der Waals surface area contributed by atoms with Crippen LogP contribution in [0.2, 0.25) is 0 Å². The third kappa shape index (κ3) is 5.32. The van der Waals surface area contributed by atoms with Crippen molar-refractivity contribution in [2.75, 3.05) is 6.61 Å². The average Bonchev–Trinajstić information content (AvgIpc) is 2.83. The van der Waals surface area contributed by atoms with Crippen LogP contribution in [0.25, 0.3) is 22.1 Å². The second kappa shape index (κ2) is 10.2. The summed E-state index contributed by atoms with van der Waals surface area (Å²) in [6.45, 7) is 4.35. The monoisotopic (exact) mass is 442 g/mol. The van der Waals surface area contributed by atoms with Gasteiger partial charge in [0.2, 0.25) is 0 Å². The van der Waals surface area contributed by atoms with Crippen LogP contribution < -0.4 is 10.4 Å². The van der Waals surface area contributed by atoms with E-state index in [9.17, 15) is 9.59 Å². The van der Waals surface area contributed by atoms with E-state index < -0.39 is 5.63 Å². The number of esters is 1. The third-order valence-corrected chi connectivity index (χ3v) is 5.58. The Morgan fingerprint density at radius 3 is 2.52 bits per heavy atom. The van der Waals surface area contributed by atoms with Gasteiger partial charge >= 0.3 is 11.6 Å². The van der Waals surface area contributed by atoms with Crippen molar-refractivity contribution in [2.24, 2.45) is 0 Å². The predicted octanol–water partition coefficient (Wildman–Crippen LogP) is 5.84. The lowest BCUT2D eigenvalue weighted by atomic mass is 10.0. The van der Waals surface area contributed by atoms with Crippen LogP contribution >= 0.6 is 0 Å². The SMILES string of the molecule is CCOC(=O)CCc1c(C)c2ccc(OCc3cccc(-c4ccccc4)c3)cc2oc1=O. The zero-order valence-corrected chi connectivity index (χ0v) is 18.8. The molecule has 0 saturated carbocycles. The Morgan fingerprint density at radius 2 is 1.73 bits per heavy atom. The van der Waals surface area contributed by atoms with Crippen molar-refractivity contribution < 1.29 is 18.7 Å². The number of rotatable bonds is 8. The summed E-state index contributed by atoms with van der Waals surface area (Å²) < 4.78 is 16.5. The molecule has 3 aromatic carbocycles. The highest BCUT2D eigenvalue weighted by atomic mass is 16.5. The molecule has 0 bridgehead atoms. The average molecular weight is 443 g/mol. The zero-order valence-electron chi connectivity index (χ0n) is 18.8. The van der Waals surface area contributed by atoms with Crippen molar-refractivity contribution in [3.63, 3.8) is 0 Å². The molecule has 0 atom stereocenters. The smallest absolute Gasteiger partial charge is 0.339 e. The summed E-state index contributed by atoms with van der Waals surface area (Å²) in [5.74, 6) is 0.297. The van der Waals surface area contributed by atoms with E-state index in [0.29, 0.717) is 36.5 Å². The van der Waals surface area contributed by atoms with Gasteiger partial charge in [0.1, 0.15) is 17.9 Å². The Balaban J connectivity index is 1.50. The summed E-state index contributed by atoms with van der Waals surface area (Å²) in [6.07, 6.45) is 0.438. The maximum atomic E-state index is 12.5. The molecule has 0 aliphatic heterocycles. The van der Waals surface area contributed by atoms with Crippen molar-refractivity contribution in [2.45, 2.75) is 33.3 Å². The first-order valence-electron chi connectivity index (χ1n) is 11.0. The molecule has 0 amide bonds. The van der Waals surface area contributed by atoms with Gasteiger partial charge in [0, 0.05) is 23.4 Å². The maximum Gasteiger partial charge on any atom is 0.339 e. The van der Waals surface area contributed by atoms with Crippen LogP contribution in [0.3, 0.4) is 0 Å². The number of hydrogen-bond acceptors (Lipinski definition) is 5. The molecule has 0 aliphatic carbocycles. The van der Waals surface area contributed by atoms with Gasteiger partial charge in [0.25, 0.3) is 0 Å². The molecule has 0 unspecified atom stereocenters. The van der Waals surface area contributed by atoms with E-state index >= 15 is 0 Å². The summed E-state index contributed by atoms with van der Waals surface area (Å²) >= 11 is 0. The van der Waals surface area contributed by atoms with Gasteiger partial charge in [-0.1, -0.05) is 48.5 Å². The predicted molar refractivity (Wildman–Crippen MR) is 128 cm³/mol. The summed E-state index contributed by atoms with van der Waals surface area (Å²) in [4.78, 5) is 24.2. The Hall–Kier alpha value is -3.86. The molecule has 0 fully saturated rings. The van der Waals surface area contributed by atoms with Crippen molar-refractivity contribution in [1.29, 1.82) is 0 Å². The first-order valence-corrected chi connectivity index (χ1v) is 11.0. The lowest BCUT2D eigenvalue weighted by Crippen LogP contribution is -2.13. The minimum Gasteiger partial charge on any atom is -0.489 e. The van der Waals surface area contributed by atoms with Gasteiger partial charge in [-0.15, -0.1) is 0 Å². The van der Waals surface area contributed by atoms with Crippen LogP contribution in [0.1, 0.15) is 30.0 Å². The van der Waals surface area contributed by atoms with Crippen LogP contribution in [-0.4, -0.2) is 12.6 Å². The van der Waals surface area contributed by atoms with E-state index in [2.05, 4.69) is 24.3 Å². The fourth-order valence-electron chi connectivity index (χ4n) is 3.85. The van der Waals surface area contributed by atoms with E-state index in [1.165, 1.54) is 0 Å². The summed E-state index contributed by atoms with van der Waals surface area (Å²) in [5, 5.41) is 0.826. The molecule has 0 saturated heterocycles. The molecule has 5 heteroatoms. The largest absolute Gasteiger partial charge is 0.489 e. The fraction of sp³-hybridized carbons (Fsp3) is 0.214. The lowest BCUT2D eigenvalue weighted by molar-refractivity contribution is -0.143. The standard InChI is InChI=1S/C28H26O5/c1-3-31-27(29)15-14-25-19(2)24-13-12-23(17-26(24)33-28(25)30)32-18-20-8-7-11-22(16-20)21-9-5-4-6-10-21/h4-13,16-17H,3,14-15,18H2,1-2H3. The van der Waals surface area contributed by atoms with Crippen LogP contribution in [0.4, 0.5) is 0 Å². The molecule has 1 aromatic heterocycles. The molecular formula is C28H26O5. The molecule has 4 rings (SSSR count). The quantitative estimate of drug-likeness (QED) is 0.253. The van der Waals surface area contributed by atoms with Gasteiger partial charge < -0.3 is 13.9 Å². The third-order valence-electron chi connectivity index (χ3n) is 5.58. The van der Waals surface area contributed by atoms with Crippen LogP contribution in [0.5, 0.6) is 5.75 Å². The highest BCUT2D eigenvalue weighted by molar-refractivity contribution is 5.82. The number of carbonyl (C=O) groups excluding carboxylic acids is 1. The normalized spacial score (nSPS) is 10.8. The Kier molecular flexibility index (Phi) is 6.89. The van der Waals surface area contributed by atoms with Crippen LogP contribution in [0.15, 0.2) is 82.0 Å². The second-order valence-electron chi connectivity index (χ2n) is 7.81. The first-order chi connectivity index (χ1) is 16.0. The maximum absolute atomic E-state index is 12.5. The van der Waals surface area contributed by atoms with Crippen molar-refractivity contribution in [1.82, 2.24) is 0 Å². The summed E-state index contributed by atoms with van der Waals surface area (Å²) in [7, 11) is 0. The number of fused-ring (bicyclic) bond motifs is 1. The van der Waals surface area contributed by atoms with Gasteiger partial charge in [-0.2, -0.15) is 0 Å². The number of ether oxygens (including phenoxy) is 2. The molecule has 4 aromatic rings. The number of aryl methyl sites for hydroxylation is 1. The zero-order chi connectivity index (χ0) is 23.2. The lowest BCUT2D eigenvalue weighted by Gasteiger charge is -2.11. The van der Waals surface area contributed by atoms with Crippen LogP contribution in [0, 0.1) is 6.92 Å².